The van der Waals surface area contributed by atoms with Gasteiger partial charge in [0.2, 0.25) is 0 Å². The van der Waals surface area contributed by atoms with E-state index >= 15 is 0 Å². The summed E-state index contributed by atoms with van der Waals surface area (Å²) in [4.78, 5) is 20.6. The Bertz CT molecular complexity index is 493. The summed E-state index contributed by atoms with van der Waals surface area (Å²) in [6.45, 7) is 2.39. The van der Waals surface area contributed by atoms with Crippen LogP contribution in [0.3, 0.4) is 0 Å². The number of benzene rings is 1. The first-order chi connectivity index (χ1) is 9.40. The zero-order valence-electron chi connectivity index (χ0n) is 11.1. The van der Waals surface area contributed by atoms with Crippen LogP contribution in [0.1, 0.15) is 26.2 Å². The Kier molecular flexibility index (Phi) is 5.89. The SMILES string of the molecule is CC(CCNc1ccc(F)cc1[N+](=O)[O-])CCC(=O)O. The molecule has 7 heteroatoms. The summed E-state index contributed by atoms with van der Waals surface area (Å²) < 4.78 is 12.9. The van der Waals surface area contributed by atoms with Gasteiger partial charge in [0.05, 0.1) is 11.0 Å². The Labute approximate surface area is 115 Å². The van der Waals surface area contributed by atoms with Gasteiger partial charge in [-0.1, -0.05) is 6.92 Å². The summed E-state index contributed by atoms with van der Waals surface area (Å²) in [5.41, 5.74) is -0.0370. The van der Waals surface area contributed by atoms with E-state index in [0.29, 0.717) is 19.4 Å². The van der Waals surface area contributed by atoms with Gasteiger partial charge in [0, 0.05) is 13.0 Å². The largest absolute Gasteiger partial charge is 0.481 e. The number of halogens is 1. The summed E-state index contributed by atoms with van der Waals surface area (Å²) in [5, 5.41) is 22.2. The Hall–Kier alpha value is -2.18. The van der Waals surface area contributed by atoms with Gasteiger partial charge in [-0.15, -0.1) is 0 Å². The molecule has 1 unspecified atom stereocenters. The van der Waals surface area contributed by atoms with Crippen LogP contribution in [-0.4, -0.2) is 22.5 Å². The Morgan fingerprint density at radius 2 is 2.20 bits per heavy atom. The van der Waals surface area contributed by atoms with Crippen LogP contribution in [-0.2, 0) is 4.79 Å². The number of nitro groups is 1. The smallest absolute Gasteiger partial charge is 0.303 e. The van der Waals surface area contributed by atoms with Gasteiger partial charge in [-0.2, -0.15) is 0 Å². The molecule has 110 valence electrons. The van der Waals surface area contributed by atoms with Crippen molar-refractivity contribution in [2.45, 2.75) is 26.2 Å². The molecule has 0 amide bonds. The van der Waals surface area contributed by atoms with E-state index in [4.69, 9.17) is 5.11 Å². The molecule has 0 aliphatic carbocycles. The number of rotatable bonds is 8. The summed E-state index contributed by atoms with van der Waals surface area (Å²) in [7, 11) is 0. The van der Waals surface area contributed by atoms with Crippen LogP contribution in [0.4, 0.5) is 15.8 Å². The number of nitrogens with zero attached hydrogens (tertiary/aromatic N) is 1. The molecule has 0 fully saturated rings. The third-order valence-electron chi connectivity index (χ3n) is 2.96. The van der Waals surface area contributed by atoms with Crippen molar-refractivity contribution in [2.24, 2.45) is 5.92 Å². The van der Waals surface area contributed by atoms with Crippen LogP contribution in [0.15, 0.2) is 18.2 Å². The first-order valence-corrected chi connectivity index (χ1v) is 6.29. The molecule has 20 heavy (non-hydrogen) atoms. The summed E-state index contributed by atoms with van der Waals surface area (Å²) in [6.07, 6.45) is 1.35. The van der Waals surface area contributed by atoms with Crippen LogP contribution >= 0.6 is 0 Å². The van der Waals surface area contributed by atoms with Gasteiger partial charge < -0.3 is 10.4 Å². The number of carboxylic acid groups (broad SMARTS) is 1. The fraction of sp³-hybridized carbons (Fsp3) is 0.462. The standard InChI is InChI=1S/C13H17FN2O4/c1-9(2-5-13(17)18)6-7-15-11-4-3-10(14)8-12(11)16(19)20/h3-4,8-9,15H,2,5-7H2,1H3,(H,17,18). The maximum Gasteiger partial charge on any atom is 0.303 e. The van der Waals surface area contributed by atoms with Gasteiger partial charge >= 0.3 is 5.97 Å². The molecule has 6 nitrogen and oxygen atoms in total. The quantitative estimate of drug-likeness (QED) is 0.565. The molecular weight excluding hydrogens is 267 g/mol. The molecule has 1 rings (SSSR count). The van der Waals surface area contributed by atoms with Gasteiger partial charge in [0.1, 0.15) is 11.5 Å². The normalized spacial score (nSPS) is 11.9. The lowest BCUT2D eigenvalue weighted by Gasteiger charge is -2.11. The van der Waals surface area contributed by atoms with Crippen molar-refractivity contribution in [3.05, 3.63) is 34.1 Å². The average Bonchev–Trinajstić information content (AvgIpc) is 2.37. The number of anilines is 1. The third kappa shape index (κ3) is 5.21. The first-order valence-electron chi connectivity index (χ1n) is 6.29. The maximum absolute atomic E-state index is 12.9. The average molecular weight is 284 g/mol. The Balaban J connectivity index is 2.49. The summed E-state index contributed by atoms with van der Waals surface area (Å²) in [6, 6.07) is 3.36. The minimum absolute atomic E-state index is 0.109. The predicted octanol–water partition coefficient (Wildman–Crippen LogP) is 3.04. The minimum atomic E-state index is -0.834. The lowest BCUT2D eigenvalue weighted by molar-refractivity contribution is -0.384. The van der Waals surface area contributed by atoms with Crippen molar-refractivity contribution in [3.8, 4) is 0 Å². The zero-order chi connectivity index (χ0) is 15.1. The van der Waals surface area contributed by atoms with Crippen molar-refractivity contribution >= 4 is 17.3 Å². The van der Waals surface area contributed by atoms with E-state index < -0.39 is 16.7 Å². The highest BCUT2D eigenvalue weighted by molar-refractivity contribution is 5.66. The molecule has 1 aromatic carbocycles. The third-order valence-corrected chi connectivity index (χ3v) is 2.96. The molecule has 0 radical (unpaired) electrons. The molecule has 1 atom stereocenters. The number of carboxylic acids is 1. The van der Waals surface area contributed by atoms with Crippen molar-refractivity contribution < 1.29 is 19.2 Å². The number of hydrogen-bond acceptors (Lipinski definition) is 4. The minimum Gasteiger partial charge on any atom is -0.481 e. The number of nitrogens with one attached hydrogen (secondary N) is 1. The summed E-state index contributed by atoms with van der Waals surface area (Å²) in [5.74, 6) is -1.30. The van der Waals surface area contributed by atoms with Crippen LogP contribution in [0.25, 0.3) is 0 Å². The van der Waals surface area contributed by atoms with E-state index in [1.165, 1.54) is 6.07 Å². The van der Waals surface area contributed by atoms with E-state index in [9.17, 15) is 19.3 Å². The highest BCUT2D eigenvalue weighted by Crippen LogP contribution is 2.25. The number of hydrogen-bond donors (Lipinski definition) is 2. The lowest BCUT2D eigenvalue weighted by atomic mass is 10.0. The second kappa shape index (κ2) is 7.42. The maximum atomic E-state index is 12.9. The van der Waals surface area contributed by atoms with E-state index in [-0.39, 0.29) is 23.7 Å². The first kappa shape index (κ1) is 15.9. The van der Waals surface area contributed by atoms with E-state index in [1.807, 2.05) is 6.92 Å². The molecule has 0 aliphatic rings. The van der Waals surface area contributed by atoms with Crippen molar-refractivity contribution in [1.29, 1.82) is 0 Å². The zero-order valence-corrected chi connectivity index (χ0v) is 11.1. The highest BCUT2D eigenvalue weighted by atomic mass is 19.1. The Morgan fingerprint density at radius 3 is 2.80 bits per heavy atom. The topological polar surface area (TPSA) is 92.5 Å². The Morgan fingerprint density at radius 1 is 1.50 bits per heavy atom. The molecule has 2 N–H and O–H groups in total. The highest BCUT2D eigenvalue weighted by Gasteiger charge is 2.14. The van der Waals surface area contributed by atoms with Gasteiger partial charge in [0.15, 0.2) is 0 Å². The van der Waals surface area contributed by atoms with Crippen molar-refractivity contribution in [3.63, 3.8) is 0 Å². The molecule has 0 heterocycles. The predicted molar refractivity (Wildman–Crippen MR) is 72.2 cm³/mol. The number of aliphatic carboxylic acids is 1. The summed E-state index contributed by atoms with van der Waals surface area (Å²) >= 11 is 0. The monoisotopic (exact) mass is 284 g/mol. The second-order valence-electron chi connectivity index (χ2n) is 4.67. The van der Waals surface area contributed by atoms with Gasteiger partial charge in [-0.05, 0) is 30.9 Å². The van der Waals surface area contributed by atoms with Gasteiger partial charge in [0.25, 0.3) is 5.69 Å². The molecule has 0 saturated carbocycles. The van der Waals surface area contributed by atoms with Crippen LogP contribution < -0.4 is 5.32 Å². The van der Waals surface area contributed by atoms with Crippen molar-refractivity contribution in [1.82, 2.24) is 0 Å². The number of carbonyl (C=O) groups is 1. The van der Waals surface area contributed by atoms with Crippen LogP contribution in [0, 0.1) is 21.8 Å². The lowest BCUT2D eigenvalue weighted by Crippen LogP contribution is -2.09. The number of nitro benzene ring substituents is 1. The fourth-order valence-electron chi connectivity index (χ4n) is 1.77. The molecule has 1 aromatic rings. The molecule has 0 spiro atoms. The molecule has 0 aromatic heterocycles. The molecule has 0 aliphatic heterocycles. The van der Waals surface area contributed by atoms with E-state index in [0.717, 1.165) is 12.1 Å². The molecule has 0 saturated heterocycles. The van der Waals surface area contributed by atoms with E-state index in [2.05, 4.69) is 5.32 Å². The molecular formula is C13H17FN2O4. The molecule has 0 bridgehead atoms. The second-order valence-corrected chi connectivity index (χ2v) is 4.67. The fourth-order valence-corrected chi connectivity index (χ4v) is 1.77. The van der Waals surface area contributed by atoms with Gasteiger partial charge in [-0.25, -0.2) is 4.39 Å². The van der Waals surface area contributed by atoms with Crippen molar-refractivity contribution in [2.75, 3.05) is 11.9 Å². The van der Waals surface area contributed by atoms with Crippen LogP contribution in [0.2, 0.25) is 0 Å². The van der Waals surface area contributed by atoms with Crippen LogP contribution in [0.5, 0.6) is 0 Å². The van der Waals surface area contributed by atoms with Gasteiger partial charge in [-0.3, -0.25) is 14.9 Å². The van der Waals surface area contributed by atoms with E-state index in [1.54, 1.807) is 0 Å².